The minimum absolute atomic E-state index is 0.0599. The monoisotopic (exact) mass is 354 g/mol. The van der Waals surface area contributed by atoms with Gasteiger partial charge in [0.1, 0.15) is 18.2 Å². The third kappa shape index (κ3) is 3.18. The summed E-state index contributed by atoms with van der Waals surface area (Å²) < 4.78 is 17.1. The Labute approximate surface area is 150 Å². The van der Waals surface area contributed by atoms with E-state index >= 15 is 0 Å². The molecule has 0 bridgehead atoms. The van der Waals surface area contributed by atoms with E-state index in [-0.39, 0.29) is 30.0 Å². The number of nitrogens with zero attached hydrogens (tertiary/aromatic N) is 2. The lowest BCUT2D eigenvalue weighted by Crippen LogP contribution is -2.19. The fourth-order valence-corrected chi connectivity index (χ4v) is 3.18. The highest BCUT2D eigenvalue weighted by Crippen LogP contribution is 2.43. The first-order valence-corrected chi connectivity index (χ1v) is 8.35. The summed E-state index contributed by atoms with van der Waals surface area (Å²) in [6.07, 6.45) is -0.648. The molecule has 0 saturated carbocycles. The zero-order chi connectivity index (χ0) is 18.1. The predicted octanol–water partition coefficient (Wildman–Crippen LogP) is 3.22. The van der Waals surface area contributed by atoms with Gasteiger partial charge in [-0.25, -0.2) is 4.99 Å². The molecule has 7 nitrogen and oxygen atoms in total. The van der Waals surface area contributed by atoms with Crippen LogP contribution < -0.4 is 0 Å². The Bertz CT molecular complexity index is 822. The lowest BCUT2D eigenvalue weighted by atomic mass is 10.0. The van der Waals surface area contributed by atoms with E-state index in [1.807, 2.05) is 30.3 Å². The van der Waals surface area contributed by atoms with E-state index in [1.54, 1.807) is 19.2 Å². The Hall–Kier alpha value is -2.77. The minimum Gasteiger partial charge on any atom is -0.468 e. The van der Waals surface area contributed by atoms with E-state index in [9.17, 15) is 10.1 Å². The van der Waals surface area contributed by atoms with Crippen molar-refractivity contribution in [2.75, 3.05) is 13.7 Å². The number of hydrogen-bond acceptors (Lipinski definition) is 6. The average Bonchev–Trinajstić information content (AvgIpc) is 3.36. The zero-order valence-corrected chi connectivity index (χ0v) is 14.1. The molecule has 1 saturated heterocycles. The van der Waals surface area contributed by atoms with E-state index in [1.165, 1.54) is 12.1 Å². The molecule has 2 aromatic carbocycles. The molecule has 0 amide bonds. The molecule has 2 heterocycles. The molecule has 134 valence electrons. The van der Waals surface area contributed by atoms with Crippen molar-refractivity contribution in [3.05, 3.63) is 75.8 Å². The third-order valence-corrected chi connectivity index (χ3v) is 4.52. The van der Waals surface area contributed by atoms with E-state index < -0.39 is 4.92 Å². The highest BCUT2D eigenvalue weighted by atomic mass is 16.6. The SMILES string of the molecule is COC[C@@H]1N=C([C@H]2O[C@@H]2c2ccc([N+](=O)[O-])cc2)O[C@H]1c1ccccc1. The molecule has 0 radical (unpaired) electrons. The number of nitro groups is 1. The molecule has 2 aromatic rings. The first kappa shape index (κ1) is 16.7. The number of epoxide rings is 1. The van der Waals surface area contributed by atoms with Crippen LogP contribution in [0.5, 0.6) is 0 Å². The Morgan fingerprint density at radius 2 is 1.73 bits per heavy atom. The molecular weight excluding hydrogens is 336 g/mol. The molecule has 2 aliphatic heterocycles. The van der Waals surface area contributed by atoms with Crippen molar-refractivity contribution in [1.29, 1.82) is 0 Å². The summed E-state index contributed by atoms with van der Waals surface area (Å²) in [5.74, 6) is 0.559. The summed E-state index contributed by atoms with van der Waals surface area (Å²) in [4.78, 5) is 15.0. The highest BCUT2D eigenvalue weighted by molar-refractivity contribution is 5.86. The summed E-state index contributed by atoms with van der Waals surface area (Å²) in [6.45, 7) is 0.456. The van der Waals surface area contributed by atoms with Crippen molar-refractivity contribution in [3.8, 4) is 0 Å². The normalized spacial score (nSPS) is 26.9. The second-order valence-corrected chi connectivity index (χ2v) is 6.27. The lowest BCUT2D eigenvalue weighted by Gasteiger charge is -2.17. The number of non-ortho nitro benzene ring substituents is 1. The van der Waals surface area contributed by atoms with Crippen LogP contribution in [0.1, 0.15) is 23.3 Å². The van der Waals surface area contributed by atoms with Gasteiger partial charge in [0.15, 0.2) is 6.10 Å². The van der Waals surface area contributed by atoms with E-state index in [4.69, 9.17) is 14.2 Å². The highest BCUT2D eigenvalue weighted by Gasteiger charge is 2.49. The second-order valence-electron chi connectivity index (χ2n) is 6.27. The fourth-order valence-electron chi connectivity index (χ4n) is 3.18. The van der Waals surface area contributed by atoms with Gasteiger partial charge in [-0.2, -0.15) is 0 Å². The number of nitro benzene ring substituents is 1. The van der Waals surface area contributed by atoms with Crippen LogP contribution in [0.25, 0.3) is 0 Å². The maximum Gasteiger partial charge on any atom is 0.269 e. The van der Waals surface area contributed by atoms with Gasteiger partial charge in [-0.3, -0.25) is 10.1 Å². The van der Waals surface area contributed by atoms with Crippen LogP contribution in [0.4, 0.5) is 5.69 Å². The molecule has 7 heteroatoms. The second kappa shape index (κ2) is 6.86. The van der Waals surface area contributed by atoms with Crippen molar-refractivity contribution in [2.24, 2.45) is 4.99 Å². The number of benzene rings is 2. The molecule has 2 aliphatic rings. The summed E-state index contributed by atoms with van der Waals surface area (Å²) >= 11 is 0. The minimum atomic E-state index is -0.418. The molecule has 26 heavy (non-hydrogen) atoms. The zero-order valence-electron chi connectivity index (χ0n) is 14.1. The van der Waals surface area contributed by atoms with Gasteiger partial charge in [0, 0.05) is 19.2 Å². The van der Waals surface area contributed by atoms with Gasteiger partial charge in [0.2, 0.25) is 5.90 Å². The Morgan fingerprint density at radius 3 is 2.38 bits per heavy atom. The van der Waals surface area contributed by atoms with Gasteiger partial charge in [-0.15, -0.1) is 0 Å². The van der Waals surface area contributed by atoms with Crippen LogP contribution in [0.2, 0.25) is 0 Å². The van der Waals surface area contributed by atoms with E-state index in [2.05, 4.69) is 4.99 Å². The quantitative estimate of drug-likeness (QED) is 0.452. The first-order valence-electron chi connectivity index (χ1n) is 8.35. The van der Waals surface area contributed by atoms with Gasteiger partial charge in [0.25, 0.3) is 5.69 Å². The Balaban J connectivity index is 1.48. The van der Waals surface area contributed by atoms with Crippen molar-refractivity contribution in [1.82, 2.24) is 0 Å². The van der Waals surface area contributed by atoms with Gasteiger partial charge < -0.3 is 14.2 Å². The standard InChI is InChI=1S/C19H18N2O5/c1-24-11-15-16(12-5-3-2-4-6-12)26-19(20-15)18-17(25-18)13-7-9-14(10-8-13)21(22)23/h2-10,15-18H,11H2,1H3/t15-,16-,17+,18-/m0/s1. The van der Waals surface area contributed by atoms with E-state index in [0.717, 1.165) is 11.1 Å². The molecule has 1 fully saturated rings. The smallest absolute Gasteiger partial charge is 0.269 e. The average molecular weight is 354 g/mol. The van der Waals surface area contributed by atoms with Crippen LogP contribution in [-0.4, -0.2) is 36.7 Å². The number of rotatable bonds is 6. The van der Waals surface area contributed by atoms with Crippen LogP contribution in [0.15, 0.2) is 59.6 Å². The largest absolute Gasteiger partial charge is 0.468 e. The number of aliphatic imine (C=N–C) groups is 1. The first-order chi connectivity index (χ1) is 12.7. The van der Waals surface area contributed by atoms with Gasteiger partial charge in [0.05, 0.1) is 11.5 Å². The van der Waals surface area contributed by atoms with Crippen molar-refractivity contribution < 1.29 is 19.1 Å². The maximum absolute atomic E-state index is 10.8. The fraction of sp³-hybridized carbons (Fsp3) is 0.316. The van der Waals surface area contributed by atoms with Crippen molar-refractivity contribution in [3.63, 3.8) is 0 Å². The Morgan fingerprint density at radius 1 is 1.04 bits per heavy atom. The van der Waals surface area contributed by atoms with E-state index in [0.29, 0.717) is 12.5 Å². The molecule has 0 N–H and O–H groups in total. The number of ether oxygens (including phenoxy) is 3. The van der Waals surface area contributed by atoms with Crippen molar-refractivity contribution in [2.45, 2.75) is 24.4 Å². The lowest BCUT2D eigenvalue weighted by molar-refractivity contribution is -0.384. The van der Waals surface area contributed by atoms with Crippen LogP contribution in [0, 0.1) is 10.1 Å². The molecule has 0 spiro atoms. The summed E-state index contributed by atoms with van der Waals surface area (Å²) in [5, 5.41) is 10.8. The van der Waals surface area contributed by atoms with Gasteiger partial charge >= 0.3 is 0 Å². The molecule has 0 aromatic heterocycles. The molecule has 0 aliphatic carbocycles. The molecule has 0 unspecified atom stereocenters. The Kier molecular flexibility index (Phi) is 4.40. The summed E-state index contributed by atoms with van der Waals surface area (Å²) in [7, 11) is 1.64. The van der Waals surface area contributed by atoms with Crippen LogP contribution in [0.3, 0.4) is 0 Å². The third-order valence-electron chi connectivity index (χ3n) is 4.52. The van der Waals surface area contributed by atoms with Gasteiger partial charge in [-0.1, -0.05) is 30.3 Å². The topological polar surface area (TPSA) is 86.5 Å². The number of hydrogen-bond donors (Lipinski definition) is 0. The molecule has 4 atom stereocenters. The summed E-state index contributed by atoms with van der Waals surface area (Å²) in [6, 6.07) is 16.2. The number of methoxy groups -OCH3 is 1. The maximum atomic E-state index is 10.8. The molecular formula is C19H18N2O5. The van der Waals surface area contributed by atoms with Gasteiger partial charge in [-0.05, 0) is 23.3 Å². The van der Waals surface area contributed by atoms with Crippen LogP contribution >= 0.6 is 0 Å². The van der Waals surface area contributed by atoms with Crippen molar-refractivity contribution >= 4 is 11.6 Å². The van der Waals surface area contributed by atoms with Crippen LogP contribution in [-0.2, 0) is 14.2 Å². The summed E-state index contributed by atoms with van der Waals surface area (Å²) in [5.41, 5.74) is 1.98. The predicted molar refractivity (Wildman–Crippen MR) is 94.1 cm³/mol. The molecule has 4 rings (SSSR count).